The molecule has 0 unspecified atom stereocenters. The number of anilines is 1. The molecule has 0 saturated heterocycles. The number of benzene rings is 2. The molecule has 0 aliphatic carbocycles. The van der Waals surface area contributed by atoms with E-state index in [9.17, 15) is 14.0 Å². The van der Waals surface area contributed by atoms with Gasteiger partial charge in [0.15, 0.2) is 0 Å². The van der Waals surface area contributed by atoms with Gasteiger partial charge in [-0.2, -0.15) is 5.10 Å². The minimum absolute atomic E-state index is 0.335. The second-order valence-corrected chi connectivity index (χ2v) is 4.71. The molecule has 3 amide bonds. The van der Waals surface area contributed by atoms with Gasteiger partial charge >= 0.3 is 6.03 Å². The van der Waals surface area contributed by atoms with E-state index in [-0.39, 0.29) is 5.91 Å². The number of carbonyl (C=O) groups is 2. The van der Waals surface area contributed by atoms with Gasteiger partial charge in [-0.1, -0.05) is 12.1 Å². The topological polar surface area (TPSA) is 96.6 Å². The lowest BCUT2D eigenvalue weighted by Gasteiger charge is -2.07. The molecule has 0 fully saturated rings. The van der Waals surface area contributed by atoms with Crippen LogP contribution in [0, 0.1) is 5.82 Å². The first-order valence-corrected chi connectivity index (χ1v) is 6.73. The van der Waals surface area contributed by atoms with Crippen molar-refractivity contribution in [2.24, 2.45) is 10.8 Å². The summed E-state index contributed by atoms with van der Waals surface area (Å²) in [4.78, 5) is 22.6. The highest BCUT2D eigenvalue weighted by Gasteiger charge is 2.06. The zero-order chi connectivity index (χ0) is 16.8. The lowest BCUT2D eigenvalue weighted by molar-refractivity contribution is 0.102. The molecule has 0 saturated carbocycles. The number of hydrogen-bond donors (Lipinski definition) is 3. The van der Waals surface area contributed by atoms with E-state index in [0.717, 1.165) is 5.56 Å². The third-order valence-electron chi connectivity index (χ3n) is 3.00. The Morgan fingerprint density at radius 3 is 2.13 bits per heavy atom. The van der Waals surface area contributed by atoms with Gasteiger partial charge in [-0.25, -0.2) is 14.6 Å². The third kappa shape index (κ3) is 4.63. The number of rotatable bonds is 4. The minimum Gasteiger partial charge on any atom is -0.350 e. The summed E-state index contributed by atoms with van der Waals surface area (Å²) in [7, 11) is 0. The number of halogens is 1. The first-order valence-electron chi connectivity index (χ1n) is 6.73. The molecule has 0 radical (unpaired) electrons. The van der Waals surface area contributed by atoms with Crippen molar-refractivity contribution in [1.82, 2.24) is 5.43 Å². The number of nitrogens with two attached hydrogens (primary N) is 1. The van der Waals surface area contributed by atoms with Crippen molar-refractivity contribution >= 4 is 23.3 Å². The molecule has 2 aromatic carbocycles. The molecule has 118 valence electrons. The number of nitrogens with zero attached hydrogens (tertiary/aromatic N) is 1. The summed E-state index contributed by atoms with van der Waals surface area (Å²) < 4.78 is 12.8. The lowest BCUT2D eigenvalue weighted by atomic mass is 10.1. The maximum absolute atomic E-state index is 12.8. The highest BCUT2D eigenvalue weighted by Crippen LogP contribution is 2.12. The van der Waals surface area contributed by atoms with Gasteiger partial charge in [-0.05, 0) is 48.9 Å². The second kappa shape index (κ2) is 7.17. The summed E-state index contributed by atoms with van der Waals surface area (Å²) in [6.07, 6.45) is 0. The highest BCUT2D eigenvalue weighted by molar-refractivity contribution is 6.04. The Morgan fingerprint density at radius 1 is 1.00 bits per heavy atom. The van der Waals surface area contributed by atoms with Gasteiger partial charge in [0, 0.05) is 11.3 Å². The molecular formula is C16H15FN4O2. The first-order chi connectivity index (χ1) is 11.0. The Balaban J connectivity index is 2.05. The maximum Gasteiger partial charge on any atom is 0.332 e. The van der Waals surface area contributed by atoms with E-state index in [1.165, 1.54) is 24.3 Å². The number of urea groups is 1. The van der Waals surface area contributed by atoms with Crippen LogP contribution in [0.3, 0.4) is 0 Å². The number of hydrazone groups is 1. The van der Waals surface area contributed by atoms with Crippen LogP contribution in [0.15, 0.2) is 53.6 Å². The summed E-state index contributed by atoms with van der Waals surface area (Å²) in [5, 5.41) is 6.51. The largest absolute Gasteiger partial charge is 0.350 e. The van der Waals surface area contributed by atoms with Crippen molar-refractivity contribution in [1.29, 1.82) is 0 Å². The molecule has 4 N–H and O–H groups in total. The fourth-order valence-electron chi connectivity index (χ4n) is 1.80. The van der Waals surface area contributed by atoms with Crippen molar-refractivity contribution in [3.8, 4) is 0 Å². The Bertz CT molecular complexity index is 740. The summed E-state index contributed by atoms with van der Waals surface area (Å²) in [6.45, 7) is 1.71. The Kier molecular flexibility index (Phi) is 5.03. The molecule has 23 heavy (non-hydrogen) atoms. The molecule has 0 heterocycles. The van der Waals surface area contributed by atoms with Crippen molar-refractivity contribution in [3.05, 3.63) is 65.5 Å². The van der Waals surface area contributed by atoms with Crippen LogP contribution in [0.5, 0.6) is 0 Å². The number of nitrogens with one attached hydrogen (secondary N) is 2. The average Bonchev–Trinajstić information content (AvgIpc) is 2.54. The van der Waals surface area contributed by atoms with E-state index in [2.05, 4.69) is 15.8 Å². The standard InChI is InChI=1S/C16H15FN4O2/c1-10(20-21-16(18)23)11-4-8-14(9-5-11)19-15(22)12-2-6-13(17)7-3-12/h2-9H,1H3,(H,19,22)(H3,18,21,23). The highest BCUT2D eigenvalue weighted by atomic mass is 19.1. The van der Waals surface area contributed by atoms with Crippen LogP contribution in [0.2, 0.25) is 0 Å². The van der Waals surface area contributed by atoms with E-state index in [1.54, 1.807) is 31.2 Å². The maximum atomic E-state index is 12.8. The molecular weight excluding hydrogens is 299 g/mol. The Labute approximate surface area is 132 Å². The van der Waals surface area contributed by atoms with Crippen LogP contribution < -0.4 is 16.5 Å². The van der Waals surface area contributed by atoms with E-state index in [1.807, 2.05) is 0 Å². The van der Waals surface area contributed by atoms with E-state index < -0.39 is 11.8 Å². The van der Waals surface area contributed by atoms with Gasteiger partial charge < -0.3 is 11.1 Å². The van der Waals surface area contributed by atoms with Crippen molar-refractivity contribution in [3.63, 3.8) is 0 Å². The van der Waals surface area contributed by atoms with Crippen LogP contribution in [-0.2, 0) is 0 Å². The first kappa shape index (κ1) is 16.2. The molecule has 0 aliphatic rings. The molecule has 6 nitrogen and oxygen atoms in total. The quantitative estimate of drug-likeness (QED) is 0.597. The van der Waals surface area contributed by atoms with Crippen molar-refractivity contribution in [2.75, 3.05) is 5.32 Å². The Morgan fingerprint density at radius 2 is 1.57 bits per heavy atom. The van der Waals surface area contributed by atoms with Gasteiger partial charge in [0.2, 0.25) is 0 Å². The van der Waals surface area contributed by atoms with E-state index in [4.69, 9.17) is 5.73 Å². The Hall–Kier alpha value is -3.22. The monoisotopic (exact) mass is 314 g/mol. The number of carbonyl (C=O) groups excluding carboxylic acids is 2. The molecule has 0 aliphatic heterocycles. The molecule has 0 spiro atoms. The van der Waals surface area contributed by atoms with Crippen molar-refractivity contribution < 1.29 is 14.0 Å². The van der Waals surface area contributed by atoms with Crippen LogP contribution in [0.1, 0.15) is 22.8 Å². The molecule has 0 aromatic heterocycles. The third-order valence-corrected chi connectivity index (χ3v) is 3.00. The number of hydrogen-bond acceptors (Lipinski definition) is 3. The molecule has 7 heteroatoms. The van der Waals surface area contributed by atoms with Crippen LogP contribution >= 0.6 is 0 Å². The smallest absolute Gasteiger partial charge is 0.332 e. The zero-order valence-corrected chi connectivity index (χ0v) is 12.3. The van der Waals surface area contributed by atoms with Crippen LogP contribution in [-0.4, -0.2) is 17.6 Å². The van der Waals surface area contributed by atoms with Gasteiger partial charge in [0.25, 0.3) is 5.91 Å². The number of primary amides is 1. The summed E-state index contributed by atoms with van der Waals surface area (Å²) >= 11 is 0. The number of amides is 3. The predicted molar refractivity (Wildman–Crippen MR) is 85.7 cm³/mol. The molecule has 0 atom stereocenters. The fraction of sp³-hybridized carbons (Fsp3) is 0.0625. The van der Waals surface area contributed by atoms with E-state index >= 15 is 0 Å². The normalized spacial score (nSPS) is 11.0. The van der Waals surface area contributed by atoms with Gasteiger partial charge in [-0.3, -0.25) is 4.79 Å². The average molecular weight is 314 g/mol. The van der Waals surface area contributed by atoms with E-state index in [0.29, 0.717) is 17.0 Å². The second-order valence-electron chi connectivity index (χ2n) is 4.71. The predicted octanol–water partition coefficient (Wildman–Crippen LogP) is 2.47. The molecule has 0 bridgehead atoms. The lowest BCUT2D eigenvalue weighted by Crippen LogP contribution is -2.25. The summed E-state index contributed by atoms with van der Waals surface area (Å²) in [5.41, 5.74) is 9.35. The van der Waals surface area contributed by atoms with Crippen LogP contribution in [0.25, 0.3) is 0 Å². The SMILES string of the molecule is CC(=NNC(N)=O)c1ccc(NC(=O)c2ccc(F)cc2)cc1. The zero-order valence-electron chi connectivity index (χ0n) is 12.3. The fourth-order valence-corrected chi connectivity index (χ4v) is 1.80. The van der Waals surface area contributed by atoms with Crippen LogP contribution in [0.4, 0.5) is 14.9 Å². The summed E-state index contributed by atoms with van der Waals surface area (Å²) in [5.74, 6) is -0.733. The molecule has 2 aromatic rings. The minimum atomic E-state index is -0.743. The van der Waals surface area contributed by atoms with Gasteiger partial charge in [0.05, 0.1) is 5.71 Å². The van der Waals surface area contributed by atoms with Crippen molar-refractivity contribution in [2.45, 2.75) is 6.92 Å². The molecule has 2 rings (SSSR count). The summed E-state index contributed by atoms with van der Waals surface area (Å²) in [6, 6.07) is 11.4. The van der Waals surface area contributed by atoms with Gasteiger partial charge in [-0.15, -0.1) is 0 Å². The van der Waals surface area contributed by atoms with Gasteiger partial charge in [0.1, 0.15) is 5.82 Å².